The number of allylic oxidation sites excluding steroid dienone is 1. The lowest BCUT2D eigenvalue weighted by molar-refractivity contribution is 0.0401. The number of aliphatic hydroxyl groups is 1. The molecule has 1 saturated carbocycles. The van der Waals surface area contributed by atoms with Crippen LogP contribution < -0.4 is 5.32 Å². The molecule has 0 heterocycles. The second kappa shape index (κ2) is 12.9. The highest BCUT2D eigenvalue weighted by Gasteiger charge is 2.14. The number of unbranched alkanes of at least 4 members (excludes halogenated alkanes) is 3. The third-order valence-corrected chi connectivity index (χ3v) is 4.97. The third kappa shape index (κ3) is 8.91. The highest BCUT2D eigenvalue weighted by Crippen LogP contribution is 2.24. The lowest BCUT2D eigenvalue weighted by Crippen LogP contribution is -2.30. The van der Waals surface area contributed by atoms with Crippen LogP contribution in [0.4, 0.5) is 0 Å². The first kappa shape index (κ1) is 21.9. The van der Waals surface area contributed by atoms with E-state index in [4.69, 9.17) is 16.4 Å². The molecular weight excluding hydrogens is 360 g/mol. The monoisotopic (exact) mass is 392 g/mol. The minimum Gasteiger partial charge on any atom is -0.393 e. The molecule has 1 aliphatic rings. The number of nitrogens with zero attached hydrogens (tertiary/aromatic N) is 1. The number of halogens is 1. The van der Waals surface area contributed by atoms with Crippen LogP contribution in [0.25, 0.3) is 6.08 Å². The fourth-order valence-corrected chi connectivity index (χ4v) is 3.26. The Labute approximate surface area is 168 Å². The van der Waals surface area contributed by atoms with Crippen LogP contribution in [0.2, 0.25) is 5.02 Å². The Bertz CT molecular complexity index is 599. The van der Waals surface area contributed by atoms with Crippen LogP contribution in [-0.4, -0.2) is 36.6 Å². The number of hydrogen-bond acceptors (Lipinski definition) is 4. The molecule has 1 aromatic carbocycles. The summed E-state index contributed by atoms with van der Waals surface area (Å²) in [6, 6.07) is 7.82. The Morgan fingerprint density at radius 1 is 1.19 bits per heavy atom. The molecule has 5 heteroatoms. The average Bonchev–Trinajstić information content (AvgIpc) is 2.68. The molecule has 0 aliphatic heterocycles. The molecule has 1 unspecified atom stereocenters. The van der Waals surface area contributed by atoms with E-state index >= 15 is 0 Å². The van der Waals surface area contributed by atoms with Crippen molar-refractivity contribution in [1.29, 1.82) is 0 Å². The number of rotatable bonds is 11. The molecule has 1 aliphatic carbocycles. The van der Waals surface area contributed by atoms with Gasteiger partial charge in [0.2, 0.25) is 0 Å². The molecule has 27 heavy (non-hydrogen) atoms. The maximum atomic E-state index is 10.0. The van der Waals surface area contributed by atoms with Crippen molar-refractivity contribution in [2.45, 2.75) is 64.4 Å². The number of hydrogen-bond donors (Lipinski definition) is 2. The van der Waals surface area contributed by atoms with Gasteiger partial charge in [-0.1, -0.05) is 55.1 Å². The largest absolute Gasteiger partial charge is 0.393 e. The lowest BCUT2D eigenvalue weighted by atomic mass is 9.91. The maximum absolute atomic E-state index is 10.0. The van der Waals surface area contributed by atoms with Gasteiger partial charge in [-0.2, -0.15) is 0 Å². The van der Waals surface area contributed by atoms with Gasteiger partial charge in [0.15, 0.2) is 0 Å². The predicted molar refractivity (Wildman–Crippen MR) is 114 cm³/mol. The first-order chi connectivity index (χ1) is 13.2. The van der Waals surface area contributed by atoms with Crippen molar-refractivity contribution >= 4 is 23.4 Å². The quantitative estimate of drug-likeness (QED) is 0.402. The molecule has 150 valence electrons. The maximum Gasteiger partial charge on any atom is 0.144 e. The molecule has 0 aromatic heterocycles. The van der Waals surface area contributed by atoms with Crippen LogP contribution in [0.5, 0.6) is 0 Å². The molecule has 0 bridgehead atoms. The van der Waals surface area contributed by atoms with Gasteiger partial charge in [0.05, 0.1) is 5.71 Å². The van der Waals surface area contributed by atoms with E-state index in [9.17, 15) is 5.11 Å². The van der Waals surface area contributed by atoms with Gasteiger partial charge in [0.25, 0.3) is 0 Å². The van der Waals surface area contributed by atoms with Gasteiger partial charge < -0.3 is 15.3 Å². The molecule has 0 radical (unpaired) electrons. The smallest absolute Gasteiger partial charge is 0.144 e. The highest BCUT2D eigenvalue weighted by molar-refractivity contribution is 6.30. The van der Waals surface area contributed by atoms with Crippen LogP contribution in [0.15, 0.2) is 35.0 Å². The van der Waals surface area contributed by atoms with Crippen molar-refractivity contribution in [3.05, 3.63) is 40.4 Å². The zero-order valence-electron chi connectivity index (χ0n) is 16.4. The normalized spacial score (nSPS) is 18.8. The molecule has 0 spiro atoms. The van der Waals surface area contributed by atoms with E-state index in [0.717, 1.165) is 48.5 Å². The summed E-state index contributed by atoms with van der Waals surface area (Å²) in [4.78, 5) is 5.45. The van der Waals surface area contributed by atoms with Crippen molar-refractivity contribution < 1.29 is 9.94 Å². The van der Waals surface area contributed by atoms with Crippen LogP contribution >= 0.6 is 11.6 Å². The number of aliphatic hydroxyl groups excluding tert-OH is 1. The van der Waals surface area contributed by atoms with Crippen molar-refractivity contribution in [3.63, 3.8) is 0 Å². The van der Waals surface area contributed by atoms with E-state index in [1.165, 1.54) is 31.3 Å². The summed E-state index contributed by atoms with van der Waals surface area (Å²) in [6.07, 6.45) is 10.8. The topological polar surface area (TPSA) is 53.8 Å². The van der Waals surface area contributed by atoms with Gasteiger partial charge in [-0.05, 0) is 68.0 Å². The van der Waals surface area contributed by atoms with Crippen LogP contribution in [-0.2, 0) is 4.84 Å². The standard InChI is InChI=1S/C22H33ClN2O2/c1-2-3-4-7-14-24-16-21(26)17-27-25-22-9-6-5-8-19(22)15-18-10-12-20(23)13-11-18/h10-13,15,21,24,26H,2-9,14,16-17H2,1H3/b19-15+,25-22+. The fourth-order valence-electron chi connectivity index (χ4n) is 3.14. The zero-order valence-corrected chi connectivity index (χ0v) is 17.2. The summed E-state index contributed by atoms with van der Waals surface area (Å²) in [7, 11) is 0. The van der Waals surface area contributed by atoms with Crippen molar-refractivity contribution in [3.8, 4) is 0 Å². The van der Waals surface area contributed by atoms with Crippen LogP contribution in [0, 0.1) is 0 Å². The van der Waals surface area contributed by atoms with Crippen molar-refractivity contribution in [2.24, 2.45) is 5.16 Å². The van der Waals surface area contributed by atoms with E-state index in [0.29, 0.717) is 6.54 Å². The summed E-state index contributed by atoms with van der Waals surface area (Å²) in [6.45, 7) is 3.92. The van der Waals surface area contributed by atoms with E-state index in [-0.39, 0.29) is 6.61 Å². The van der Waals surface area contributed by atoms with Gasteiger partial charge >= 0.3 is 0 Å². The Morgan fingerprint density at radius 2 is 1.96 bits per heavy atom. The van der Waals surface area contributed by atoms with Crippen molar-refractivity contribution in [2.75, 3.05) is 19.7 Å². The molecule has 0 amide bonds. The van der Waals surface area contributed by atoms with E-state index < -0.39 is 6.10 Å². The summed E-state index contributed by atoms with van der Waals surface area (Å²) in [5.41, 5.74) is 3.33. The third-order valence-electron chi connectivity index (χ3n) is 4.72. The van der Waals surface area contributed by atoms with E-state index in [1.807, 2.05) is 24.3 Å². The Balaban J connectivity index is 1.77. The summed E-state index contributed by atoms with van der Waals surface area (Å²) in [5.74, 6) is 0. The fraction of sp³-hybridized carbons (Fsp3) is 0.591. The lowest BCUT2D eigenvalue weighted by Gasteiger charge is -2.17. The molecule has 1 aromatic rings. The van der Waals surface area contributed by atoms with E-state index in [2.05, 4.69) is 23.5 Å². The average molecular weight is 393 g/mol. The molecule has 2 rings (SSSR count). The first-order valence-electron chi connectivity index (χ1n) is 10.2. The SMILES string of the molecule is CCCCCCNCC(O)CO/N=C1\CCCC\C1=C/c1ccc(Cl)cc1. The van der Waals surface area contributed by atoms with Crippen LogP contribution in [0.3, 0.4) is 0 Å². The van der Waals surface area contributed by atoms with E-state index in [1.54, 1.807) is 0 Å². The Morgan fingerprint density at radius 3 is 2.74 bits per heavy atom. The first-order valence-corrected chi connectivity index (χ1v) is 10.6. The second-order valence-corrected chi connectivity index (χ2v) is 7.62. The Kier molecular flexibility index (Phi) is 10.5. The van der Waals surface area contributed by atoms with Gasteiger partial charge in [-0.15, -0.1) is 0 Å². The molecule has 4 nitrogen and oxygen atoms in total. The highest BCUT2D eigenvalue weighted by atomic mass is 35.5. The summed E-state index contributed by atoms with van der Waals surface area (Å²) in [5, 5.41) is 18.4. The Hall–Kier alpha value is -1.36. The van der Waals surface area contributed by atoms with Gasteiger partial charge in [-0.25, -0.2) is 0 Å². The molecule has 1 atom stereocenters. The molecular formula is C22H33ClN2O2. The minimum absolute atomic E-state index is 0.222. The van der Waals surface area contributed by atoms with Crippen LogP contribution in [0.1, 0.15) is 63.9 Å². The molecule has 2 N–H and O–H groups in total. The van der Waals surface area contributed by atoms with Gasteiger partial charge in [0.1, 0.15) is 12.7 Å². The van der Waals surface area contributed by atoms with Gasteiger partial charge in [-0.3, -0.25) is 0 Å². The number of nitrogens with one attached hydrogen (secondary N) is 1. The summed E-state index contributed by atoms with van der Waals surface area (Å²) < 4.78 is 0. The predicted octanol–water partition coefficient (Wildman–Crippen LogP) is 5.20. The number of benzene rings is 1. The molecule has 1 fully saturated rings. The second-order valence-electron chi connectivity index (χ2n) is 7.18. The van der Waals surface area contributed by atoms with Crippen molar-refractivity contribution in [1.82, 2.24) is 5.32 Å². The van der Waals surface area contributed by atoms with Gasteiger partial charge in [0, 0.05) is 11.6 Å². The minimum atomic E-state index is -0.534. The number of oxime groups is 1. The zero-order chi connectivity index (χ0) is 19.3. The molecule has 0 saturated heterocycles. The summed E-state index contributed by atoms with van der Waals surface area (Å²) >= 11 is 5.96.